The SMILES string of the molecule is COC(=O)C1COC(C2CC2)CN1. The predicted molar refractivity (Wildman–Crippen MR) is 46.3 cm³/mol. The van der Waals surface area contributed by atoms with Gasteiger partial charge in [-0.2, -0.15) is 0 Å². The van der Waals surface area contributed by atoms with Crippen molar-refractivity contribution in [2.75, 3.05) is 20.3 Å². The van der Waals surface area contributed by atoms with Crippen molar-refractivity contribution >= 4 is 5.97 Å². The second-order valence-corrected chi connectivity index (χ2v) is 3.69. The maximum atomic E-state index is 11.1. The van der Waals surface area contributed by atoms with Crippen molar-refractivity contribution in [1.82, 2.24) is 5.32 Å². The monoisotopic (exact) mass is 185 g/mol. The first kappa shape index (κ1) is 8.97. The molecule has 2 fully saturated rings. The van der Waals surface area contributed by atoms with Crippen molar-refractivity contribution in [3.63, 3.8) is 0 Å². The fourth-order valence-corrected chi connectivity index (χ4v) is 1.66. The van der Waals surface area contributed by atoms with Gasteiger partial charge in [-0.15, -0.1) is 0 Å². The summed E-state index contributed by atoms with van der Waals surface area (Å²) in [5.41, 5.74) is 0. The fourth-order valence-electron chi connectivity index (χ4n) is 1.66. The molecular weight excluding hydrogens is 170 g/mol. The minimum Gasteiger partial charge on any atom is -0.468 e. The maximum Gasteiger partial charge on any atom is 0.325 e. The van der Waals surface area contributed by atoms with Crippen LogP contribution in [-0.2, 0) is 14.3 Å². The van der Waals surface area contributed by atoms with E-state index in [0.717, 1.165) is 12.5 Å². The smallest absolute Gasteiger partial charge is 0.325 e. The average molecular weight is 185 g/mol. The average Bonchev–Trinajstić information content (AvgIpc) is 3.00. The van der Waals surface area contributed by atoms with Crippen LogP contribution in [0.1, 0.15) is 12.8 Å². The molecule has 4 heteroatoms. The van der Waals surface area contributed by atoms with Crippen molar-refractivity contribution in [3.8, 4) is 0 Å². The van der Waals surface area contributed by atoms with Crippen LogP contribution in [-0.4, -0.2) is 38.4 Å². The Bertz CT molecular complexity index is 195. The van der Waals surface area contributed by atoms with Gasteiger partial charge in [0.2, 0.25) is 0 Å². The lowest BCUT2D eigenvalue weighted by molar-refractivity contribution is -0.148. The molecule has 0 radical (unpaired) electrons. The van der Waals surface area contributed by atoms with E-state index in [1.807, 2.05) is 0 Å². The highest BCUT2D eigenvalue weighted by molar-refractivity contribution is 5.75. The van der Waals surface area contributed by atoms with Gasteiger partial charge in [0, 0.05) is 6.54 Å². The highest BCUT2D eigenvalue weighted by Gasteiger charge is 2.36. The zero-order valence-electron chi connectivity index (χ0n) is 7.79. The van der Waals surface area contributed by atoms with Crippen LogP contribution in [0.25, 0.3) is 0 Å². The normalized spacial score (nSPS) is 34.2. The summed E-state index contributed by atoms with van der Waals surface area (Å²) in [6.45, 7) is 1.23. The topological polar surface area (TPSA) is 47.6 Å². The van der Waals surface area contributed by atoms with Gasteiger partial charge in [0.25, 0.3) is 0 Å². The van der Waals surface area contributed by atoms with E-state index in [9.17, 15) is 4.79 Å². The first-order chi connectivity index (χ1) is 6.31. The molecule has 2 aliphatic rings. The van der Waals surface area contributed by atoms with E-state index in [-0.39, 0.29) is 12.0 Å². The van der Waals surface area contributed by atoms with Crippen molar-refractivity contribution in [2.45, 2.75) is 25.0 Å². The molecule has 0 aromatic rings. The number of hydrogen-bond donors (Lipinski definition) is 1. The Balaban J connectivity index is 1.78. The number of hydrogen-bond acceptors (Lipinski definition) is 4. The summed E-state index contributed by atoms with van der Waals surface area (Å²) < 4.78 is 10.2. The number of rotatable bonds is 2. The van der Waals surface area contributed by atoms with Crippen molar-refractivity contribution in [2.24, 2.45) is 5.92 Å². The van der Waals surface area contributed by atoms with Crippen molar-refractivity contribution in [3.05, 3.63) is 0 Å². The first-order valence-electron chi connectivity index (χ1n) is 4.74. The highest BCUT2D eigenvalue weighted by Crippen LogP contribution is 2.34. The van der Waals surface area contributed by atoms with E-state index >= 15 is 0 Å². The molecule has 4 nitrogen and oxygen atoms in total. The van der Waals surface area contributed by atoms with Gasteiger partial charge in [-0.3, -0.25) is 10.1 Å². The van der Waals surface area contributed by atoms with Crippen molar-refractivity contribution < 1.29 is 14.3 Å². The molecule has 2 atom stereocenters. The van der Waals surface area contributed by atoms with Gasteiger partial charge < -0.3 is 9.47 Å². The highest BCUT2D eigenvalue weighted by atomic mass is 16.5. The largest absolute Gasteiger partial charge is 0.468 e. The van der Waals surface area contributed by atoms with Crippen LogP contribution >= 0.6 is 0 Å². The molecule has 1 aliphatic heterocycles. The van der Waals surface area contributed by atoms with Crippen LogP contribution in [0.3, 0.4) is 0 Å². The Morgan fingerprint density at radius 3 is 2.77 bits per heavy atom. The second-order valence-electron chi connectivity index (χ2n) is 3.69. The Hall–Kier alpha value is -0.610. The molecule has 74 valence electrons. The standard InChI is InChI=1S/C9H15NO3/c1-12-9(11)7-5-13-8(4-10-7)6-2-3-6/h6-8,10H,2-5H2,1H3. The van der Waals surface area contributed by atoms with Gasteiger partial charge in [0.05, 0.1) is 19.8 Å². The molecule has 0 spiro atoms. The molecule has 2 unspecified atom stereocenters. The van der Waals surface area contributed by atoms with Gasteiger partial charge in [-0.1, -0.05) is 0 Å². The third-order valence-electron chi connectivity index (χ3n) is 2.68. The summed E-state index contributed by atoms with van der Waals surface area (Å²) in [4.78, 5) is 11.1. The lowest BCUT2D eigenvalue weighted by Crippen LogP contribution is -2.51. The van der Waals surface area contributed by atoms with Gasteiger partial charge in [-0.05, 0) is 18.8 Å². The van der Waals surface area contributed by atoms with Crippen LogP contribution in [0.2, 0.25) is 0 Å². The number of carbonyl (C=O) groups is 1. The summed E-state index contributed by atoms with van der Waals surface area (Å²) in [7, 11) is 1.40. The molecule has 1 saturated carbocycles. The quantitative estimate of drug-likeness (QED) is 0.612. The van der Waals surface area contributed by atoms with E-state index in [4.69, 9.17) is 4.74 Å². The molecule has 1 aliphatic carbocycles. The van der Waals surface area contributed by atoms with Gasteiger partial charge in [0.1, 0.15) is 6.04 Å². The van der Waals surface area contributed by atoms with Crippen LogP contribution in [0.5, 0.6) is 0 Å². The minimum atomic E-state index is -0.264. The Kier molecular flexibility index (Phi) is 2.51. The van der Waals surface area contributed by atoms with Gasteiger partial charge in [-0.25, -0.2) is 0 Å². The van der Waals surface area contributed by atoms with E-state index in [1.165, 1.54) is 20.0 Å². The molecule has 0 amide bonds. The first-order valence-corrected chi connectivity index (χ1v) is 4.74. The Labute approximate surface area is 77.6 Å². The molecule has 1 heterocycles. The summed E-state index contributed by atoms with van der Waals surface area (Å²) in [5.74, 6) is 0.500. The van der Waals surface area contributed by atoms with Gasteiger partial charge in [0.15, 0.2) is 0 Å². The Morgan fingerprint density at radius 1 is 1.54 bits per heavy atom. The summed E-state index contributed by atoms with van der Waals surface area (Å²) in [6.07, 6.45) is 2.87. The van der Waals surface area contributed by atoms with Crippen LogP contribution < -0.4 is 5.32 Å². The lowest BCUT2D eigenvalue weighted by atomic mass is 10.1. The molecule has 0 aromatic heterocycles. The molecule has 0 aromatic carbocycles. The maximum absolute atomic E-state index is 11.1. The minimum absolute atomic E-state index is 0.228. The van der Waals surface area contributed by atoms with Gasteiger partial charge >= 0.3 is 5.97 Å². The third kappa shape index (κ3) is 2.00. The molecule has 1 saturated heterocycles. The number of methoxy groups -OCH3 is 1. The van der Waals surface area contributed by atoms with E-state index in [2.05, 4.69) is 10.1 Å². The third-order valence-corrected chi connectivity index (χ3v) is 2.68. The molecule has 1 N–H and O–H groups in total. The number of esters is 1. The summed E-state index contributed by atoms with van der Waals surface area (Å²) >= 11 is 0. The van der Waals surface area contributed by atoms with Crippen LogP contribution in [0, 0.1) is 5.92 Å². The zero-order valence-corrected chi connectivity index (χ0v) is 7.79. The molecular formula is C9H15NO3. The number of ether oxygens (including phenoxy) is 2. The Morgan fingerprint density at radius 2 is 2.31 bits per heavy atom. The lowest BCUT2D eigenvalue weighted by Gasteiger charge is -2.28. The predicted octanol–water partition coefficient (Wildman–Crippen LogP) is -0.0736. The van der Waals surface area contributed by atoms with Crippen LogP contribution in [0.4, 0.5) is 0 Å². The van der Waals surface area contributed by atoms with E-state index in [1.54, 1.807) is 0 Å². The number of nitrogens with one attached hydrogen (secondary N) is 1. The molecule has 13 heavy (non-hydrogen) atoms. The van der Waals surface area contributed by atoms with Crippen LogP contribution in [0.15, 0.2) is 0 Å². The fraction of sp³-hybridized carbons (Fsp3) is 0.889. The van der Waals surface area contributed by atoms with E-state index in [0.29, 0.717) is 12.7 Å². The molecule has 2 rings (SSSR count). The summed E-state index contributed by atoms with van der Waals surface area (Å²) in [6, 6.07) is -0.264. The van der Waals surface area contributed by atoms with E-state index < -0.39 is 0 Å². The second kappa shape index (κ2) is 3.64. The number of carbonyl (C=O) groups excluding carboxylic acids is 1. The summed E-state index contributed by atoms with van der Waals surface area (Å²) in [5, 5.41) is 3.14. The number of morpholine rings is 1. The molecule has 0 bridgehead atoms. The van der Waals surface area contributed by atoms with Crippen molar-refractivity contribution in [1.29, 1.82) is 0 Å². The zero-order chi connectivity index (χ0) is 9.26.